The van der Waals surface area contributed by atoms with Gasteiger partial charge in [-0.25, -0.2) is 0 Å². The van der Waals surface area contributed by atoms with Crippen LogP contribution in [0.15, 0.2) is 33.4 Å². The van der Waals surface area contributed by atoms with E-state index in [1.807, 2.05) is 18.2 Å². The standard InChI is InChI=1S/C13H14BrClN2O/c1-2-5-16-7-9-8-17-18-13(9)11-4-3-10(14)6-12(11)15/h3-4,6,8,16H,2,5,7H2,1H3. The summed E-state index contributed by atoms with van der Waals surface area (Å²) in [6.07, 6.45) is 2.83. The number of hydrogen-bond donors (Lipinski definition) is 1. The van der Waals surface area contributed by atoms with Crippen LogP contribution >= 0.6 is 27.5 Å². The van der Waals surface area contributed by atoms with Crippen LogP contribution in [-0.4, -0.2) is 11.7 Å². The molecule has 0 aliphatic heterocycles. The van der Waals surface area contributed by atoms with Gasteiger partial charge in [-0.05, 0) is 31.2 Å². The van der Waals surface area contributed by atoms with E-state index in [1.54, 1.807) is 6.20 Å². The first kappa shape index (κ1) is 13.6. The van der Waals surface area contributed by atoms with E-state index in [0.717, 1.165) is 40.9 Å². The molecule has 1 heterocycles. The molecule has 18 heavy (non-hydrogen) atoms. The van der Waals surface area contributed by atoms with Crippen molar-refractivity contribution in [1.82, 2.24) is 10.5 Å². The summed E-state index contributed by atoms with van der Waals surface area (Å²) in [7, 11) is 0. The van der Waals surface area contributed by atoms with Crippen molar-refractivity contribution < 1.29 is 4.52 Å². The Labute approximate surface area is 120 Å². The van der Waals surface area contributed by atoms with Gasteiger partial charge in [-0.15, -0.1) is 0 Å². The van der Waals surface area contributed by atoms with Gasteiger partial charge in [0, 0.05) is 22.1 Å². The van der Waals surface area contributed by atoms with Crippen LogP contribution in [0.25, 0.3) is 11.3 Å². The summed E-state index contributed by atoms with van der Waals surface area (Å²) in [5.41, 5.74) is 1.89. The van der Waals surface area contributed by atoms with Gasteiger partial charge in [-0.1, -0.05) is 39.6 Å². The molecule has 3 nitrogen and oxygen atoms in total. The molecule has 0 unspecified atom stereocenters. The van der Waals surface area contributed by atoms with Gasteiger partial charge in [-0.3, -0.25) is 0 Å². The minimum Gasteiger partial charge on any atom is -0.356 e. The Morgan fingerprint density at radius 3 is 3.00 bits per heavy atom. The number of nitrogens with one attached hydrogen (secondary N) is 1. The highest BCUT2D eigenvalue weighted by Gasteiger charge is 2.13. The molecule has 0 saturated carbocycles. The summed E-state index contributed by atoms with van der Waals surface area (Å²) in [5, 5.41) is 7.83. The Balaban J connectivity index is 2.25. The molecule has 0 bridgehead atoms. The van der Waals surface area contributed by atoms with Gasteiger partial charge in [0.1, 0.15) is 0 Å². The lowest BCUT2D eigenvalue weighted by atomic mass is 10.1. The Kier molecular flexibility index (Phi) is 4.80. The lowest BCUT2D eigenvalue weighted by Crippen LogP contribution is -2.13. The predicted molar refractivity (Wildman–Crippen MR) is 76.6 cm³/mol. The summed E-state index contributed by atoms with van der Waals surface area (Å²) < 4.78 is 6.26. The highest BCUT2D eigenvalue weighted by Crippen LogP contribution is 2.32. The first-order chi connectivity index (χ1) is 8.72. The zero-order valence-corrected chi connectivity index (χ0v) is 12.4. The fraction of sp³-hybridized carbons (Fsp3) is 0.308. The number of halogens is 2. The highest BCUT2D eigenvalue weighted by atomic mass is 79.9. The van der Waals surface area contributed by atoms with Crippen molar-refractivity contribution in [1.29, 1.82) is 0 Å². The monoisotopic (exact) mass is 328 g/mol. The van der Waals surface area contributed by atoms with E-state index in [4.69, 9.17) is 16.1 Å². The van der Waals surface area contributed by atoms with Crippen LogP contribution in [0.5, 0.6) is 0 Å². The molecule has 1 aromatic carbocycles. The second kappa shape index (κ2) is 6.36. The summed E-state index contributed by atoms with van der Waals surface area (Å²) >= 11 is 9.60. The van der Waals surface area contributed by atoms with Gasteiger partial charge in [0.2, 0.25) is 0 Å². The quantitative estimate of drug-likeness (QED) is 0.833. The molecule has 2 rings (SSSR count). The van der Waals surface area contributed by atoms with E-state index in [2.05, 4.69) is 33.3 Å². The van der Waals surface area contributed by atoms with Gasteiger partial charge in [-0.2, -0.15) is 0 Å². The largest absolute Gasteiger partial charge is 0.356 e. The first-order valence-corrected chi connectivity index (χ1v) is 6.99. The van der Waals surface area contributed by atoms with Crippen LogP contribution in [0.3, 0.4) is 0 Å². The van der Waals surface area contributed by atoms with Crippen LogP contribution in [0, 0.1) is 0 Å². The minimum atomic E-state index is 0.651. The van der Waals surface area contributed by atoms with E-state index in [-0.39, 0.29) is 0 Å². The van der Waals surface area contributed by atoms with Crippen molar-refractivity contribution in [2.75, 3.05) is 6.54 Å². The maximum Gasteiger partial charge on any atom is 0.172 e. The van der Waals surface area contributed by atoms with Gasteiger partial charge >= 0.3 is 0 Å². The number of hydrogen-bond acceptors (Lipinski definition) is 3. The second-order valence-electron chi connectivity index (χ2n) is 3.98. The van der Waals surface area contributed by atoms with Crippen molar-refractivity contribution in [2.24, 2.45) is 0 Å². The zero-order chi connectivity index (χ0) is 13.0. The van der Waals surface area contributed by atoms with E-state index < -0.39 is 0 Å². The highest BCUT2D eigenvalue weighted by molar-refractivity contribution is 9.10. The Morgan fingerprint density at radius 1 is 1.44 bits per heavy atom. The molecule has 0 fully saturated rings. The summed E-state index contributed by atoms with van der Waals surface area (Å²) in [6, 6.07) is 5.71. The van der Waals surface area contributed by atoms with E-state index in [0.29, 0.717) is 5.02 Å². The van der Waals surface area contributed by atoms with Crippen LogP contribution in [0.4, 0.5) is 0 Å². The number of aromatic nitrogens is 1. The molecule has 5 heteroatoms. The summed E-state index contributed by atoms with van der Waals surface area (Å²) in [6.45, 7) is 3.84. The third kappa shape index (κ3) is 3.13. The van der Waals surface area contributed by atoms with E-state index >= 15 is 0 Å². The summed E-state index contributed by atoms with van der Waals surface area (Å²) in [4.78, 5) is 0. The molecule has 96 valence electrons. The second-order valence-corrected chi connectivity index (χ2v) is 5.30. The first-order valence-electron chi connectivity index (χ1n) is 5.82. The average Bonchev–Trinajstić information content (AvgIpc) is 2.78. The molecule has 0 aliphatic rings. The number of benzene rings is 1. The van der Waals surface area contributed by atoms with Crippen LogP contribution in [-0.2, 0) is 6.54 Å². The smallest absolute Gasteiger partial charge is 0.172 e. The van der Waals surface area contributed by atoms with Gasteiger partial charge in [0.05, 0.1) is 11.2 Å². The molecule has 0 saturated heterocycles. The molecule has 0 spiro atoms. The van der Waals surface area contributed by atoms with Crippen molar-refractivity contribution in [3.63, 3.8) is 0 Å². The Morgan fingerprint density at radius 2 is 2.28 bits per heavy atom. The van der Waals surface area contributed by atoms with E-state index in [9.17, 15) is 0 Å². The Hall–Kier alpha value is -0.840. The third-order valence-corrected chi connectivity index (χ3v) is 3.37. The molecule has 0 atom stereocenters. The molecule has 0 aliphatic carbocycles. The van der Waals surface area contributed by atoms with Crippen LogP contribution in [0.2, 0.25) is 5.02 Å². The van der Waals surface area contributed by atoms with Crippen molar-refractivity contribution in [2.45, 2.75) is 19.9 Å². The molecule has 0 radical (unpaired) electrons. The maximum atomic E-state index is 6.22. The third-order valence-electron chi connectivity index (χ3n) is 2.56. The lowest BCUT2D eigenvalue weighted by Gasteiger charge is -2.05. The maximum absolute atomic E-state index is 6.22. The SMILES string of the molecule is CCCNCc1cnoc1-c1ccc(Br)cc1Cl. The minimum absolute atomic E-state index is 0.651. The normalized spacial score (nSPS) is 10.8. The number of nitrogens with zero attached hydrogens (tertiary/aromatic N) is 1. The summed E-state index contributed by atoms with van der Waals surface area (Å²) in [5.74, 6) is 0.733. The fourth-order valence-corrected chi connectivity index (χ4v) is 2.44. The molecule has 0 amide bonds. The van der Waals surface area contributed by atoms with Crippen molar-refractivity contribution >= 4 is 27.5 Å². The van der Waals surface area contributed by atoms with Crippen LogP contribution < -0.4 is 5.32 Å². The molecule has 1 N–H and O–H groups in total. The fourth-order valence-electron chi connectivity index (χ4n) is 1.68. The van der Waals surface area contributed by atoms with Gasteiger partial charge in [0.25, 0.3) is 0 Å². The molecule has 1 aromatic heterocycles. The molecular formula is C13H14BrClN2O. The molecular weight excluding hydrogens is 316 g/mol. The predicted octanol–water partition coefficient (Wildman–Crippen LogP) is 4.26. The average molecular weight is 330 g/mol. The lowest BCUT2D eigenvalue weighted by molar-refractivity contribution is 0.431. The Bertz CT molecular complexity index is 527. The van der Waals surface area contributed by atoms with E-state index in [1.165, 1.54) is 0 Å². The number of rotatable bonds is 5. The van der Waals surface area contributed by atoms with Gasteiger partial charge in [0.15, 0.2) is 5.76 Å². The van der Waals surface area contributed by atoms with Crippen molar-refractivity contribution in [3.8, 4) is 11.3 Å². The topological polar surface area (TPSA) is 38.1 Å². The zero-order valence-electron chi connectivity index (χ0n) is 10.0. The molecule has 2 aromatic rings. The van der Waals surface area contributed by atoms with Crippen molar-refractivity contribution in [3.05, 3.63) is 39.5 Å². The van der Waals surface area contributed by atoms with Gasteiger partial charge < -0.3 is 9.84 Å². The van der Waals surface area contributed by atoms with Crippen LogP contribution in [0.1, 0.15) is 18.9 Å².